The van der Waals surface area contributed by atoms with Gasteiger partial charge in [0.2, 0.25) is 0 Å². The van der Waals surface area contributed by atoms with E-state index >= 15 is 0 Å². The van der Waals surface area contributed by atoms with E-state index in [1.165, 1.54) is 14.7 Å². The predicted octanol–water partition coefficient (Wildman–Crippen LogP) is 7.32. The highest BCUT2D eigenvalue weighted by Gasteiger charge is 2.73. The van der Waals surface area contributed by atoms with Gasteiger partial charge in [-0.25, -0.2) is 8.42 Å². The van der Waals surface area contributed by atoms with E-state index < -0.39 is 33.9 Å². The Hall–Kier alpha value is -2.77. The zero-order valence-electron chi connectivity index (χ0n) is 20.9. The van der Waals surface area contributed by atoms with Crippen LogP contribution in [0.25, 0.3) is 0 Å². The Kier molecular flexibility index (Phi) is 10.1. The molecule has 0 amide bonds. The Balaban J connectivity index is 0.000000309. The first-order valence-electron chi connectivity index (χ1n) is 11.1. The zero-order chi connectivity index (χ0) is 29.7. The van der Waals surface area contributed by atoms with Crippen molar-refractivity contribution in [2.24, 2.45) is 0 Å². The SMILES string of the molecule is CC(C)(C)Oc1cccc([S+](c2ccccc2)c2ccccc2)c1.O=S(=O)([O-])CC(F)(F)C(F)(F)C(F)(F)F. The number of rotatable bonds is 7. The van der Waals surface area contributed by atoms with Crippen LogP contribution in [0, 0.1) is 0 Å². The first kappa shape index (κ1) is 32.4. The van der Waals surface area contributed by atoms with E-state index in [1.807, 2.05) is 6.07 Å². The molecule has 3 rings (SSSR count). The highest BCUT2D eigenvalue weighted by Crippen LogP contribution is 2.46. The summed E-state index contributed by atoms with van der Waals surface area (Å²) < 4.78 is 117. The number of benzene rings is 3. The first-order chi connectivity index (χ1) is 17.7. The van der Waals surface area contributed by atoms with Gasteiger partial charge in [-0.3, -0.25) is 0 Å². The third-order valence-electron chi connectivity index (χ3n) is 4.60. The van der Waals surface area contributed by atoms with Crippen molar-refractivity contribution in [3.8, 4) is 5.75 Å². The van der Waals surface area contributed by atoms with Crippen molar-refractivity contribution in [3.63, 3.8) is 0 Å². The average Bonchev–Trinajstić information content (AvgIpc) is 2.78. The minimum Gasteiger partial charge on any atom is -0.748 e. The summed E-state index contributed by atoms with van der Waals surface area (Å²) >= 11 is 0. The molecular weight excluding hydrogens is 573 g/mol. The summed E-state index contributed by atoms with van der Waals surface area (Å²) in [6.45, 7) is 6.23. The second-order valence-corrected chi connectivity index (χ2v) is 12.5. The molecule has 0 heterocycles. The number of hydrogen-bond donors (Lipinski definition) is 0. The molecule has 0 spiro atoms. The van der Waals surface area contributed by atoms with Crippen LogP contribution in [0.3, 0.4) is 0 Å². The largest absolute Gasteiger partial charge is 0.748 e. The molecule has 4 nitrogen and oxygen atoms in total. The normalized spacial score (nSPS) is 13.0. The number of hydrogen-bond acceptors (Lipinski definition) is 4. The molecule has 0 aliphatic rings. The highest BCUT2D eigenvalue weighted by molar-refractivity contribution is 7.97. The van der Waals surface area contributed by atoms with Gasteiger partial charge >= 0.3 is 18.0 Å². The molecule has 0 saturated carbocycles. The molecule has 0 aromatic heterocycles. The summed E-state index contributed by atoms with van der Waals surface area (Å²) in [5.41, 5.74) is -0.198. The van der Waals surface area contributed by atoms with Gasteiger partial charge in [-0.15, -0.1) is 0 Å². The highest BCUT2D eigenvalue weighted by atomic mass is 32.2. The van der Waals surface area contributed by atoms with Gasteiger partial charge in [0, 0.05) is 6.07 Å². The van der Waals surface area contributed by atoms with E-state index in [-0.39, 0.29) is 16.5 Å². The van der Waals surface area contributed by atoms with E-state index in [1.54, 1.807) is 0 Å². The zero-order valence-corrected chi connectivity index (χ0v) is 22.5. The second kappa shape index (κ2) is 12.2. The van der Waals surface area contributed by atoms with Crippen LogP contribution in [0.4, 0.5) is 30.7 Å². The molecule has 39 heavy (non-hydrogen) atoms. The molecule has 3 aromatic carbocycles. The first-order valence-corrected chi connectivity index (χ1v) is 13.9. The summed E-state index contributed by atoms with van der Waals surface area (Å²) in [4.78, 5) is 3.90. The summed E-state index contributed by atoms with van der Waals surface area (Å²) in [7, 11) is -6.04. The fourth-order valence-corrected chi connectivity index (χ4v) is 5.81. The minimum absolute atomic E-state index is 0.133. The van der Waals surface area contributed by atoms with Gasteiger partial charge in [0.25, 0.3) is 0 Å². The quantitative estimate of drug-likeness (QED) is 0.162. The fourth-order valence-electron chi connectivity index (χ4n) is 3.06. The van der Waals surface area contributed by atoms with E-state index in [0.29, 0.717) is 0 Å². The Bertz CT molecular complexity index is 1270. The monoisotopic (exact) mass is 598 g/mol. The van der Waals surface area contributed by atoms with Crippen LogP contribution in [-0.2, 0) is 21.0 Å². The second-order valence-electron chi connectivity index (χ2n) is 9.10. The van der Waals surface area contributed by atoms with E-state index in [2.05, 4.69) is 99.6 Å². The van der Waals surface area contributed by atoms with Gasteiger partial charge in [0.15, 0.2) is 14.7 Å². The topological polar surface area (TPSA) is 66.4 Å². The molecule has 0 saturated heterocycles. The van der Waals surface area contributed by atoms with Crippen LogP contribution in [0.2, 0.25) is 0 Å². The molecule has 13 heteroatoms. The molecule has 0 N–H and O–H groups in total. The van der Waals surface area contributed by atoms with Gasteiger partial charge in [0.05, 0.1) is 10.9 Å². The lowest BCUT2D eigenvalue weighted by Gasteiger charge is -2.28. The average molecular weight is 599 g/mol. The fraction of sp³-hybridized carbons (Fsp3) is 0.308. The van der Waals surface area contributed by atoms with E-state index in [9.17, 15) is 43.7 Å². The van der Waals surface area contributed by atoms with Crippen molar-refractivity contribution >= 4 is 21.0 Å². The van der Waals surface area contributed by atoms with Gasteiger partial charge in [-0.1, -0.05) is 42.5 Å². The lowest BCUT2D eigenvalue weighted by Crippen LogP contribution is -2.55. The van der Waals surface area contributed by atoms with Crippen molar-refractivity contribution in [2.45, 2.75) is 59.1 Å². The molecule has 0 aliphatic heterocycles. The standard InChI is InChI=1S/C22H23OS.C4H3F7O3S/c1-22(2,3)23-18-11-10-16-21(17-18)24(19-12-6-4-7-13-19)20-14-8-5-9-15-20;5-2(6,1-15(12,13)14)3(7,8)4(9,10)11/h4-17H,1-3H3;1H2,(H,12,13,14)/q+1;/p-1. The molecule has 0 atom stereocenters. The molecule has 0 bridgehead atoms. The molecule has 0 unspecified atom stereocenters. The summed E-state index contributed by atoms with van der Waals surface area (Å²) in [5.74, 6) is -14.8. The van der Waals surface area contributed by atoms with Crippen molar-refractivity contribution in [1.82, 2.24) is 0 Å². The van der Waals surface area contributed by atoms with Crippen LogP contribution < -0.4 is 4.74 Å². The summed E-state index contributed by atoms with van der Waals surface area (Å²) in [6.07, 6.45) is -6.64. The minimum atomic E-state index is -6.64. The van der Waals surface area contributed by atoms with Crippen molar-refractivity contribution in [3.05, 3.63) is 84.9 Å². The molecular formula is C26H25F7O4S2. The summed E-state index contributed by atoms with van der Waals surface area (Å²) in [6, 6.07) is 29.8. The number of alkyl halides is 7. The van der Waals surface area contributed by atoms with Gasteiger partial charge < -0.3 is 9.29 Å². The van der Waals surface area contributed by atoms with Crippen molar-refractivity contribution in [2.75, 3.05) is 5.75 Å². The Morgan fingerprint density at radius 1 is 0.718 bits per heavy atom. The van der Waals surface area contributed by atoms with E-state index in [4.69, 9.17) is 4.74 Å². The number of halogens is 7. The van der Waals surface area contributed by atoms with Crippen LogP contribution in [0.1, 0.15) is 20.8 Å². The third kappa shape index (κ3) is 9.43. The number of ether oxygens (including phenoxy) is 1. The smallest absolute Gasteiger partial charge is 0.459 e. The van der Waals surface area contributed by atoms with Crippen LogP contribution in [0.5, 0.6) is 5.75 Å². The summed E-state index contributed by atoms with van der Waals surface area (Å²) in [5, 5.41) is 0. The molecule has 3 aromatic rings. The Labute approximate surface area is 224 Å². The Morgan fingerprint density at radius 2 is 1.15 bits per heavy atom. The third-order valence-corrected chi connectivity index (χ3v) is 7.53. The van der Waals surface area contributed by atoms with Crippen LogP contribution >= 0.6 is 0 Å². The van der Waals surface area contributed by atoms with E-state index in [0.717, 1.165) is 5.75 Å². The van der Waals surface area contributed by atoms with Crippen LogP contribution in [-0.4, -0.2) is 42.3 Å². The lowest BCUT2D eigenvalue weighted by molar-refractivity contribution is -0.348. The van der Waals surface area contributed by atoms with Gasteiger partial charge in [-0.2, -0.15) is 30.7 Å². The molecule has 0 aliphatic carbocycles. The predicted molar refractivity (Wildman–Crippen MR) is 132 cm³/mol. The maximum absolute atomic E-state index is 12.1. The van der Waals surface area contributed by atoms with Crippen molar-refractivity contribution < 1.29 is 48.4 Å². The Morgan fingerprint density at radius 3 is 1.54 bits per heavy atom. The van der Waals surface area contributed by atoms with Gasteiger partial charge in [-0.05, 0) is 57.2 Å². The van der Waals surface area contributed by atoms with Crippen LogP contribution in [0.15, 0.2) is 99.6 Å². The molecule has 0 radical (unpaired) electrons. The molecule has 214 valence electrons. The maximum atomic E-state index is 12.1. The van der Waals surface area contributed by atoms with Crippen molar-refractivity contribution in [1.29, 1.82) is 0 Å². The molecule has 0 fully saturated rings. The maximum Gasteiger partial charge on any atom is 0.459 e. The lowest BCUT2D eigenvalue weighted by atomic mass is 10.2. The van der Waals surface area contributed by atoms with Gasteiger partial charge in [0.1, 0.15) is 27.2 Å².